The van der Waals surface area contributed by atoms with Gasteiger partial charge in [0.15, 0.2) is 0 Å². The molecule has 0 unspecified atom stereocenters. The van der Waals surface area contributed by atoms with Gasteiger partial charge in [0.2, 0.25) is 0 Å². The average molecular weight is 1250 g/mol. The van der Waals surface area contributed by atoms with E-state index in [2.05, 4.69) is 0 Å². The van der Waals surface area contributed by atoms with Crippen molar-refractivity contribution in [2.24, 2.45) is 0 Å². The molecule has 0 saturated carbocycles. The van der Waals surface area contributed by atoms with E-state index < -0.39 is 0 Å². The van der Waals surface area contributed by atoms with Crippen molar-refractivity contribution in [3.8, 4) is 0 Å². The molecular weight excluding hydrogens is 1150 g/mol. The molecule has 0 rings (SSSR count). The molecule has 50 heteroatoms. The van der Waals surface area contributed by atoms with Crippen molar-refractivity contribution in [2.45, 2.75) is 0 Å². The summed E-state index contributed by atoms with van der Waals surface area (Å²) in [7, 11) is 0. The van der Waals surface area contributed by atoms with E-state index in [-0.39, 0.29) is 1130 Å². The molecule has 0 aromatic heterocycles. The van der Waals surface area contributed by atoms with Crippen LogP contribution in [0.2, 0.25) is 0 Å². The fourth-order valence-electron chi connectivity index (χ4n) is 0. The van der Waals surface area contributed by atoms with E-state index in [4.69, 9.17) is 0 Å². The molecular formula is H100Mg42O8. The monoisotopic (exact) mass is 1240 g/mol. The van der Waals surface area contributed by atoms with Gasteiger partial charge in [0.25, 0.3) is 0 Å². The van der Waals surface area contributed by atoms with Gasteiger partial charge in [-0.1, -0.05) is 0 Å². The van der Waals surface area contributed by atoms with Gasteiger partial charge in [-0.15, -0.1) is 0 Å². The molecule has 0 atom stereocenters. The second-order valence-electron chi connectivity index (χ2n) is 0. The normalized spacial score (nSPS) is 0. The predicted octanol–water partition coefficient (Wildman–Crippen LogP) is -13.1. The zero-order valence-corrected chi connectivity index (χ0v) is 93.1. The Morgan fingerprint density at radius 1 is 0.0600 bits per heavy atom. The van der Waals surface area contributed by atoms with Gasteiger partial charge in [-0.2, -0.15) is 0 Å². The minimum Gasteiger partial charge on any atom is -1.00 e. The van der Waals surface area contributed by atoms with E-state index in [9.17, 15) is 0 Å². The fraction of sp³-hybridized carbons (Fsp3) is 0. The van der Waals surface area contributed by atoms with Gasteiger partial charge in [-0.3, -0.25) is 0 Å². The largest absolute Gasteiger partial charge is 2.00 e. The number of rotatable bonds is 0. The van der Waals surface area contributed by atoms with Crippen LogP contribution in [0.3, 0.4) is 0 Å². The molecule has 0 bridgehead atoms. The van der Waals surface area contributed by atoms with Gasteiger partial charge in [0.1, 0.15) is 0 Å². The van der Waals surface area contributed by atoms with Crippen LogP contribution in [-0.4, -0.2) is 1010 Å². The number of hydrogen-bond donors (Lipinski definition) is 0. The Morgan fingerprint density at radius 3 is 0.0600 bits per heavy atom. The third-order valence-electron chi connectivity index (χ3n) is 0. The first-order chi connectivity index (χ1) is 0. The minimum absolute atomic E-state index is 0. The van der Waals surface area contributed by atoms with Gasteiger partial charge >= 0.3 is 968 Å². The Morgan fingerprint density at radius 2 is 0.0600 bits per heavy atom. The van der Waals surface area contributed by atoms with E-state index in [1.54, 1.807) is 0 Å². The van der Waals surface area contributed by atoms with Crippen molar-refractivity contribution in [3.63, 3.8) is 0 Å². The summed E-state index contributed by atoms with van der Waals surface area (Å²) in [6.07, 6.45) is 0. The molecule has 0 aromatic rings. The van der Waals surface area contributed by atoms with Crippen molar-refractivity contribution >= 4 is 968 Å². The predicted molar refractivity (Wildman–Crippen MR) is 364 cm³/mol. The van der Waals surface area contributed by atoms with Gasteiger partial charge in [0.05, 0.1) is 0 Å². The van der Waals surface area contributed by atoms with Crippen LogP contribution in [0.25, 0.3) is 0 Å². The maximum absolute atomic E-state index is 0. The Balaban J connectivity index is 0. The van der Waals surface area contributed by atoms with E-state index in [1.807, 2.05) is 0 Å². The molecule has 8 nitrogen and oxygen atoms in total. The van der Waals surface area contributed by atoms with Crippen LogP contribution in [0.5, 0.6) is 0 Å². The zero-order chi connectivity index (χ0) is 0. The molecule has 0 fully saturated rings. The van der Waals surface area contributed by atoms with Crippen LogP contribution in [-0.2, 0) is 0 Å². The van der Waals surface area contributed by atoms with Crippen LogP contribution in [0.15, 0.2) is 0 Å². The maximum atomic E-state index is 0. The molecule has 0 saturated heterocycles. The summed E-state index contributed by atoms with van der Waals surface area (Å²) in [6.45, 7) is 0. The summed E-state index contributed by atoms with van der Waals surface area (Å²) < 4.78 is 0. The Bertz CT molecular complexity index is 159. The van der Waals surface area contributed by atoms with Crippen LogP contribution < -0.4 is 0 Å². The molecule has 0 amide bonds. The SMILES string of the molecule is O.O.O.O.O.O.O.O.[H-].[H-].[H-].[H-].[H-].[H-].[H-].[H-].[H-].[H-].[H-].[H-].[H-].[H-].[H-].[H-].[H-].[H-].[H-].[H-].[H-].[H-].[H-].[H-].[H-].[H-].[H-].[H-].[H-].[H-].[H-].[H-].[H-].[H-].[H-].[H-].[H-].[H-].[H-].[H-].[H-].[H-].[H-].[H-].[H-].[H-].[H-].[H-].[H-].[H-].[H-].[H-].[H-].[H-].[H-].[H-].[H-].[H-].[H-].[H-].[H-].[H-].[H-].[H-].[H-].[H-].[H-].[H-].[H-].[H-].[H-].[H-].[H-].[H-].[H-].[H-].[H-].[H-].[H-].[H-].[H-].[H-].[H-].[H-].[Mg+2].[Mg+2].[Mg+2].[Mg+2].[Mg+2].[Mg+2].[Mg+2].[Mg+2].[Mg+2].[Mg+2].[Mg+2].[Mg+2].[Mg+2].[Mg+2].[Mg+2].[Mg+2].[Mg+2].[Mg+2].[Mg+2].[Mg+2].[Mg+2].[Mg+2].[Mg+2].[Mg+2].[Mg+2].[Mg+2].[Mg+2].[Mg+2].[Mg+2].[Mg+2].[Mg+2].[Mg+2].[Mg+2].[Mg+2].[Mg+2].[Mg+2].[Mg+2].[Mg+2].[Mg+2].[Mg+2].[Mg+2].[Mg+2]. The molecule has 50 heavy (non-hydrogen) atoms. The molecule has 0 aliphatic heterocycles. The molecule has 0 spiro atoms. The topological polar surface area (TPSA) is 252 Å². The third kappa shape index (κ3) is 489. The molecule has 0 aromatic carbocycles. The van der Waals surface area contributed by atoms with Crippen molar-refractivity contribution in [1.82, 2.24) is 0 Å². The fourth-order valence-corrected chi connectivity index (χ4v) is 0. The van der Waals surface area contributed by atoms with E-state index in [1.165, 1.54) is 0 Å². The van der Waals surface area contributed by atoms with Gasteiger partial charge in [-0.05, 0) is 0 Å². The van der Waals surface area contributed by atoms with Gasteiger partial charge in [-0.25, -0.2) is 0 Å². The van der Waals surface area contributed by atoms with Gasteiger partial charge in [0, 0.05) is 0 Å². The van der Waals surface area contributed by atoms with Crippen LogP contribution in [0.4, 0.5) is 0 Å². The summed E-state index contributed by atoms with van der Waals surface area (Å²) in [6, 6.07) is 0. The molecule has 0 heterocycles. The van der Waals surface area contributed by atoms with Gasteiger partial charge < -0.3 is 164 Å². The van der Waals surface area contributed by atoms with Crippen molar-refractivity contribution in [2.75, 3.05) is 0 Å². The van der Waals surface area contributed by atoms with Crippen molar-refractivity contribution in [1.29, 1.82) is 0 Å². The first kappa shape index (κ1) is 527. The van der Waals surface area contributed by atoms with E-state index >= 15 is 0 Å². The van der Waals surface area contributed by atoms with Crippen molar-refractivity contribution < 1.29 is 164 Å². The summed E-state index contributed by atoms with van der Waals surface area (Å²) in [5, 5.41) is 0. The van der Waals surface area contributed by atoms with Crippen LogP contribution in [0, 0.1) is 0 Å². The summed E-state index contributed by atoms with van der Waals surface area (Å²) in [4.78, 5) is 0. The Hall–Kier alpha value is 31.9. The molecule has 0 aliphatic rings. The zero-order valence-electron chi connectivity index (χ0n) is 118. The standard InChI is InChI=1S/42Mg.8H2O.84H/h;;;;;;;;;;;;;;;;;;;;;;;;;;;;;;;;;;;;;;;;;;8*1H2;;;;;;;;;;;;;;;;;;;;;;;;;;;;;;;;;;;;;;;;;;;;;;;;;;;;;;;;;;;;;;;;;;;;;;;;;;;;;;;;;;;;/q42*+2;;;;;;;;;84*-1. The first-order valence-corrected chi connectivity index (χ1v) is 0. The Labute approximate surface area is 1110 Å². The maximum Gasteiger partial charge on any atom is 2.00 e. The Kier molecular flexibility index (Phi) is 5360. The second kappa shape index (κ2) is 508. The van der Waals surface area contributed by atoms with Crippen LogP contribution >= 0.6 is 0 Å². The summed E-state index contributed by atoms with van der Waals surface area (Å²) in [5.41, 5.74) is 0. The first-order valence-electron chi connectivity index (χ1n) is 0. The summed E-state index contributed by atoms with van der Waals surface area (Å²) >= 11 is 0. The quantitative estimate of drug-likeness (QED) is 0.205. The molecule has 232 valence electrons. The molecule has 0 aliphatic carbocycles. The average Bonchev–Trinajstić information content (AvgIpc) is 0. The number of hydrogen-bond acceptors (Lipinski definition) is 0. The molecule has 0 radical (unpaired) electrons. The van der Waals surface area contributed by atoms with Crippen molar-refractivity contribution in [3.05, 3.63) is 0 Å². The smallest absolute Gasteiger partial charge is 1.00 e. The minimum atomic E-state index is 0. The third-order valence-corrected chi connectivity index (χ3v) is 0. The van der Waals surface area contributed by atoms with E-state index in [0.717, 1.165) is 0 Å². The molecule has 16 N–H and O–H groups in total. The van der Waals surface area contributed by atoms with E-state index in [0.29, 0.717) is 0 Å². The second-order valence-corrected chi connectivity index (χ2v) is 0. The van der Waals surface area contributed by atoms with Crippen LogP contribution in [0.1, 0.15) is 120 Å². The summed E-state index contributed by atoms with van der Waals surface area (Å²) in [5.74, 6) is 0.